The molecule has 6 aromatic rings. The van der Waals surface area contributed by atoms with Crippen molar-refractivity contribution in [2.45, 2.75) is 22.9 Å². The van der Waals surface area contributed by atoms with Gasteiger partial charge in [0.15, 0.2) is 11.6 Å². The summed E-state index contributed by atoms with van der Waals surface area (Å²) in [7, 11) is 7.66. The molecule has 10 nitrogen and oxygen atoms in total. The van der Waals surface area contributed by atoms with Gasteiger partial charge in [-0.05, 0) is 123 Å². The van der Waals surface area contributed by atoms with Crippen LogP contribution in [-0.4, -0.2) is 110 Å². The minimum Gasteiger partial charge on any atom is -0.324 e. The molecule has 6 aromatic carbocycles. The van der Waals surface area contributed by atoms with Gasteiger partial charge in [0, 0.05) is 84.8 Å². The highest BCUT2D eigenvalue weighted by Gasteiger charge is 2.76. The normalized spacial score (nSPS) is 28.9. The second-order valence-corrected chi connectivity index (χ2v) is 20.8. The van der Waals surface area contributed by atoms with Gasteiger partial charge in [0.2, 0.25) is 0 Å². The number of nitrogens with zero attached hydrogens (tertiary/aromatic N) is 4. The van der Waals surface area contributed by atoms with Crippen LogP contribution in [0.3, 0.4) is 0 Å². The van der Waals surface area contributed by atoms with Crippen LogP contribution < -0.4 is 10.6 Å². The lowest BCUT2D eigenvalue weighted by Gasteiger charge is -2.50. The highest BCUT2D eigenvalue weighted by molar-refractivity contribution is 6.17. The van der Waals surface area contributed by atoms with Crippen LogP contribution in [0.5, 0.6) is 0 Å². The number of benzene rings is 6. The zero-order valence-electron chi connectivity index (χ0n) is 41.3. The van der Waals surface area contributed by atoms with Gasteiger partial charge in [0.25, 0.3) is 11.8 Å². The van der Waals surface area contributed by atoms with Crippen LogP contribution in [0.1, 0.15) is 45.2 Å². The number of nitrogens with one attached hydrogen (secondary N) is 2. The molecule has 74 heavy (non-hydrogen) atoms. The number of halogens is 4. The van der Waals surface area contributed by atoms with E-state index in [4.69, 9.17) is 0 Å². The number of carbonyl (C=O) groups excluding carboxylic acids is 4. The lowest BCUT2D eigenvalue weighted by molar-refractivity contribution is -0.146. The van der Waals surface area contributed by atoms with E-state index in [0.29, 0.717) is 72.9 Å². The van der Waals surface area contributed by atoms with Crippen molar-refractivity contribution in [2.75, 3.05) is 78.1 Å². The average molecular weight is 999 g/mol. The van der Waals surface area contributed by atoms with E-state index in [9.17, 15) is 36.7 Å². The number of fused-ring (bicyclic) bond motifs is 6. The summed E-state index contributed by atoms with van der Waals surface area (Å²) in [5.74, 6) is -2.84. The topological polar surface area (TPSA) is 105 Å². The molecular weight excluding hydrogens is 945 g/mol. The molecule has 0 bridgehead atoms. The number of likely N-dealkylation sites (tertiary alicyclic amines) is 4. The van der Waals surface area contributed by atoms with Crippen LogP contribution >= 0.6 is 0 Å². The van der Waals surface area contributed by atoms with E-state index in [0.717, 1.165) is 22.3 Å². The molecule has 0 radical (unpaired) electrons. The molecule has 6 aliphatic heterocycles. The predicted molar refractivity (Wildman–Crippen MR) is 276 cm³/mol. The van der Waals surface area contributed by atoms with Crippen LogP contribution in [0.4, 0.5) is 28.9 Å². The summed E-state index contributed by atoms with van der Waals surface area (Å²) in [5, 5.41) is 6.09. The quantitative estimate of drug-likeness (QED) is 0.134. The molecule has 0 aliphatic carbocycles. The Labute approximate surface area is 427 Å². The van der Waals surface area contributed by atoms with Gasteiger partial charge in [0.05, 0.1) is 10.8 Å². The Morgan fingerprint density at radius 1 is 0.459 bits per heavy atom. The van der Waals surface area contributed by atoms with Crippen LogP contribution in [0.25, 0.3) is 12.2 Å². The Kier molecular flexibility index (Phi) is 12.0. The minimum atomic E-state index is -1.25. The number of hydrogen-bond acceptors (Lipinski definition) is 8. The molecule has 6 atom stereocenters. The summed E-state index contributed by atoms with van der Waals surface area (Å²) in [6.07, 6.45) is 3.59. The number of anilines is 2. The van der Waals surface area contributed by atoms with Crippen LogP contribution in [-0.2, 0) is 30.3 Å². The first kappa shape index (κ1) is 48.9. The van der Waals surface area contributed by atoms with Gasteiger partial charge in [0.1, 0.15) is 34.3 Å². The summed E-state index contributed by atoms with van der Waals surface area (Å²) in [6.45, 7) is 2.38. The molecule has 2 amide bonds. The molecule has 4 saturated heterocycles. The third kappa shape index (κ3) is 7.20. The van der Waals surface area contributed by atoms with E-state index in [1.807, 2.05) is 86.5 Å². The van der Waals surface area contributed by atoms with Crippen molar-refractivity contribution < 1.29 is 36.7 Å². The van der Waals surface area contributed by atoms with Crippen molar-refractivity contribution in [1.29, 1.82) is 0 Å². The second-order valence-electron chi connectivity index (χ2n) is 20.8. The smallest absolute Gasteiger partial charge is 0.250 e. The molecule has 4 fully saturated rings. The van der Waals surface area contributed by atoms with Crippen LogP contribution in [0, 0.1) is 34.1 Å². The molecule has 14 heteroatoms. The summed E-state index contributed by atoms with van der Waals surface area (Å²) in [5.41, 5.74) is 2.23. The Morgan fingerprint density at radius 3 is 1.14 bits per heavy atom. The fraction of sp³-hybridized carbons (Fsp3) is 0.267. The van der Waals surface area contributed by atoms with E-state index < -0.39 is 21.9 Å². The van der Waals surface area contributed by atoms with Crippen molar-refractivity contribution in [3.63, 3.8) is 0 Å². The number of rotatable bonds is 4. The Balaban J connectivity index is 0.000000159. The van der Waals surface area contributed by atoms with E-state index in [1.165, 1.54) is 48.5 Å². The zero-order valence-corrected chi connectivity index (χ0v) is 41.3. The number of piperidine rings is 2. The molecule has 0 aromatic heterocycles. The standard InChI is InChI=1S/2C30H27F2N3O2/c2*1-34-16-21(15-19-7-11-22(31)12-8-19)27(36)29(18-34)25(20-9-13-23(32)14-10-20)17-35(2)30(29)24-5-3-4-6-26(24)33-28(30)37/h2*3-15,25H,16-18H2,1-2H3,(H,33,37)/b2*21-15+/t2*25-,29+,30+/m11/s1. The van der Waals surface area contributed by atoms with Crippen molar-refractivity contribution in [1.82, 2.24) is 19.6 Å². The van der Waals surface area contributed by atoms with E-state index in [-0.39, 0.29) is 58.5 Å². The predicted octanol–water partition coefficient (Wildman–Crippen LogP) is 8.85. The summed E-state index contributed by atoms with van der Waals surface area (Å²) in [6, 6.07) is 39.6. The van der Waals surface area contributed by atoms with Crippen LogP contribution in [0.15, 0.2) is 157 Å². The summed E-state index contributed by atoms with van der Waals surface area (Å²) >= 11 is 0. The molecular formula is C60H54F4N6O4. The fourth-order valence-electron chi connectivity index (χ4n) is 13.9. The number of likely N-dealkylation sites (N-methyl/N-ethyl adjacent to an activating group) is 4. The first-order valence-corrected chi connectivity index (χ1v) is 24.7. The van der Waals surface area contributed by atoms with Gasteiger partial charge in [-0.25, -0.2) is 17.6 Å². The van der Waals surface area contributed by atoms with Crippen molar-refractivity contribution in [2.24, 2.45) is 10.8 Å². The number of Topliss-reactive ketones (excluding diaryl/α,β-unsaturated/α-hetero) is 2. The molecule has 6 aliphatic rings. The van der Waals surface area contributed by atoms with Gasteiger partial charge in [-0.3, -0.25) is 29.0 Å². The van der Waals surface area contributed by atoms with Gasteiger partial charge < -0.3 is 20.4 Å². The van der Waals surface area contributed by atoms with Gasteiger partial charge >= 0.3 is 0 Å². The van der Waals surface area contributed by atoms with Gasteiger partial charge in [-0.1, -0.05) is 84.9 Å². The number of para-hydroxylation sites is 2. The molecule has 0 saturated carbocycles. The lowest BCUT2D eigenvalue weighted by atomic mass is 9.56. The number of carbonyl (C=O) groups is 4. The van der Waals surface area contributed by atoms with Gasteiger partial charge in [-0.2, -0.15) is 0 Å². The third-order valence-corrected chi connectivity index (χ3v) is 16.6. The number of amides is 2. The van der Waals surface area contributed by atoms with Crippen LogP contribution in [0.2, 0.25) is 0 Å². The zero-order chi connectivity index (χ0) is 51.9. The minimum absolute atomic E-state index is 0.111. The first-order valence-electron chi connectivity index (χ1n) is 24.7. The van der Waals surface area contributed by atoms with Crippen molar-refractivity contribution in [3.8, 4) is 0 Å². The maximum Gasteiger partial charge on any atom is 0.250 e. The maximum absolute atomic E-state index is 14.8. The Hall–Kier alpha value is -7.36. The largest absolute Gasteiger partial charge is 0.324 e. The SMILES string of the molecule is CN1C/C(=C\c2ccc(F)cc2)C(=O)[C@]2(C1)[C@@H](c1ccc(F)cc1)CN(C)[C@@]21C(=O)Nc2ccccc21.CN1C/C(=C\c2ccc(F)cc2)C(=O)[C@]2(C1)[C@@H](c1ccc(F)cc1)CN(C)[C@@]21C(=O)Nc2ccccc21. The van der Waals surface area contributed by atoms with E-state index in [2.05, 4.69) is 20.4 Å². The average Bonchev–Trinajstić information content (AvgIpc) is 4.13. The molecule has 0 unspecified atom stereocenters. The Morgan fingerprint density at radius 2 is 0.784 bits per heavy atom. The molecule has 2 N–H and O–H groups in total. The molecule has 12 rings (SSSR count). The summed E-state index contributed by atoms with van der Waals surface area (Å²) < 4.78 is 55.0. The summed E-state index contributed by atoms with van der Waals surface area (Å²) in [4.78, 5) is 66.0. The highest BCUT2D eigenvalue weighted by atomic mass is 19.1. The molecule has 376 valence electrons. The third-order valence-electron chi connectivity index (χ3n) is 16.6. The number of ketones is 2. The van der Waals surface area contributed by atoms with Gasteiger partial charge in [-0.15, -0.1) is 0 Å². The molecule has 4 spiro atoms. The van der Waals surface area contributed by atoms with E-state index in [1.54, 1.807) is 60.7 Å². The second kappa shape index (κ2) is 18.2. The monoisotopic (exact) mass is 998 g/mol. The number of hydrogen-bond donors (Lipinski definition) is 2. The molecule has 6 heterocycles. The Bertz CT molecular complexity index is 3090. The maximum atomic E-state index is 14.8. The first-order chi connectivity index (χ1) is 35.5. The van der Waals surface area contributed by atoms with E-state index >= 15 is 0 Å². The fourth-order valence-corrected chi connectivity index (χ4v) is 13.9. The van der Waals surface area contributed by atoms with Crippen molar-refractivity contribution in [3.05, 3.63) is 213 Å². The lowest BCUT2D eigenvalue weighted by Crippen LogP contribution is -2.65. The van der Waals surface area contributed by atoms with Crippen molar-refractivity contribution >= 4 is 46.9 Å². The highest BCUT2D eigenvalue weighted by Crippen LogP contribution is 2.66.